The second-order valence-electron chi connectivity index (χ2n) is 7.64. The minimum Gasteiger partial charge on any atom is -0.355 e. The first-order valence-corrected chi connectivity index (χ1v) is 9.64. The standard InChI is InChI=1S/C23H28N2O2/c1-17-9-11-19(12-10-17)21(25-18(2)26)15-22(27)24-16-23(13-6-14-23)20-7-4-3-5-8-20/h3-5,7-12,21H,6,13-16H2,1-2H3,(H,24,27)(H,25,26). The fourth-order valence-corrected chi connectivity index (χ4v) is 3.78. The Morgan fingerprint density at radius 1 is 1.04 bits per heavy atom. The van der Waals surface area contributed by atoms with Crippen LogP contribution in [-0.2, 0) is 15.0 Å². The van der Waals surface area contributed by atoms with E-state index < -0.39 is 0 Å². The van der Waals surface area contributed by atoms with Crippen molar-refractivity contribution in [3.63, 3.8) is 0 Å². The van der Waals surface area contributed by atoms with E-state index in [9.17, 15) is 9.59 Å². The molecule has 2 aromatic rings. The van der Waals surface area contributed by atoms with Gasteiger partial charge < -0.3 is 10.6 Å². The molecule has 1 saturated carbocycles. The fraction of sp³-hybridized carbons (Fsp3) is 0.391. The smallest absolute Gasteiger partial charge is 0.222 e. The molecule has 142 valence electrons. The highest BCUT2D eigenvalue weighted by Gasteiger charge is 2.38. The van der Waals surface area contributed by atoms with E-state index in [0.717, 1.165) is 24.0 Å². The lowest BCUT2D eigenvalue weighted by Crippen LogP contribution is -2.46. The molecule has 0 saturated heterocycles. The first-order valence-electron chi connectivity index (χ1n) is 9.64. The number of carbonyl (C=O) groups is 2. The fourth-order valence-electron chi connectivity index (χ4n) is 3.78. The number of hydrogen-bond acceptors (Lipinski definition) is 2. The molecule has 2 aromatic carbocycles. The van der Waals surface area contributed by atoms with Crippen molar-refractivity contribution in [2.24, 2.45) is 0 Å². The van der Waals surface area contributed by atoms with E-state index in [1.165, 1.54) is 18.9 Å². The van der Waals surface area contributed by atoms with Gasteiger partial charge in [-0.25, -0.2) is 0 Å². The third kappa shape index (κ3) is 4.76. The summed E-state index contributed by atoms with van der Waals surface area (Å²) >= 11 is 0. The number of benzene rings is 2. The van der Waals surface area contributed by atoms with E-state index in [1.807, 2.05) is 37.3 Å². The summed E-state index contributed by atoms with van der Waals surface area (Å²) in [5.74, 6) is -0.162. The van der Waals surface area contributed by atoms with Gasteiger partial charge in [0.25, 0.3) is 0 Å². The summed E-state index contributed by atoms with van der Waals surface area (Å²) in [5, 5.41) is 6.02. The van der Waals surface area contributed by atoms with Crippen LogP contribution in [0.15, 0.2) is 54.6 Å². The van der Waals surface area contributed by atoms with Gasteiger partial charge in [-0.05, 0) is 30.9 Å². The van der Waals surface area contributed by atoms with Gasteiger partial charge in [0, 0.05) is 18.9 Å². The predicted molar refractivity (Wildman–Crippen MR) is 107 cm³/mol. The number of rotatable bonds is 7. The van der Waals surface area contributed by atoms with Crippen molar-refractivity contribution < 1.29 is 9.59 Å². The van der Waals surface area contributed by atoms with Gasteiger partial charge in [-0.15, -0.1) is 0 Å². The first-order chi connectivity index (χ1) is 13.0. The van der Waals surface area contributed by atoms with Crippen molar-refractivity contribution in [1.29, 1.82) is 0 Å². The van der Waals surface area contributed by atoms with E-state index in [4.69, 9.17) is 0 Å². The molecule has 0 aromatic heterocycles. The van der Waals surface area contributed by atoms with Gasteiger partial charge in [-0.1, -0.05) is 66.6 Å². The number of nitrogens with one attached hydrogen (secondary N) is 2. The average Bonchev–Trinajstić information content (AvgIpc) is 2.61. The Balaban J connectivity index is 1.64. The first kappa shape index (κ1) is 19.2. The van der Waals surface area contributed by atoms with Crippen LogP contribution >= 0.6 is 0 Å². The molecule has 0 spiro atoms. The van der Waals surface area contributed by atoms with Crippen molar-refractivity contribution in [3.8, 4) is 0 Å². The Hall–Kier alpha value is -2.62. The van der Waals surface area contributed by atoms with Crippen molar-refractivity contribution in [2.45, 2.75) is 51.0 Å². The summed E-state index contributed by atoms with van der Waals surface area (Å²) in [4.78, 5) is 24.2. The Morgan fingerprint density at radius 3 is 2.26 bits per heavy atom. The van der Waals surface area contributed by atoms with Crippen LogP contribution in [0.3, 0.4) is 0 Å². The molecule has 0 bridgehead atoms. The van der Waals surface area contributed by atoms with Crippen molar-refractivity contribution in [2.75, 3.05) is 6.54 Å². The zero-order valence-electron chi connectivity index (χ0n) is 16.1. The number of aryl methyl sites for hydroxylation is 1. The van der Waals surface area contributed by atoms with Gasteiger partial charge in [-0.3, -0.25) is 9.59 Å². The van der Waals surface area contributed by atoms with E-state index in [2.05, 4.69) is 34.9 Å². The monoisotopic (exact) mass is 364 g/mol. The van der Waals surface area contributed by atoms with E-state index in [-0.39, 0.29) is 29.7 Å². The lowest BCUT2D eigenvalue weighted by molar-refractivity contribution is -0.123. The molecule has 0 aliphatic heterocycles. The maximum atomic E-state index is 12.6. The lowest BCUT2D eigenvalue weighted by Gasteiger charge is -2.42. The molecule has 1 aliphatic carbocycles. The van der Waals surface area contributed by atoms with Crippen LogP contribution in [0.2, 0.25) is 0 Å². The highest BCUT2D eigenvalue weighted by molar-refractivity contribution is 5.79. The summed E-state index contributed by atoms with van der Waals surface area (Å²) in [6.07, 6.45) is 3.64. The lowest BCUT2D eigenvalue weighted by atomic mass is 9.64. The number of amides is 2. The second kappa shape index (κ2) is 8.38. The highest BCUT2D eigenvalue weighted by Crippen LogP contribution is 2.43. The summed E-state index contributed by atoms with van der Waals surface area (Å²) < 4.78 is 0. The molecule has 4 heteroatoms. The van der Waals surface area contributed by atoms with Crippen molar-refractivity contribution in [1.82, 2.24) is 10.6 Å². The predicted octanol–water partition coefficient (Wildman–Crippen LogP) is 3.80. The van der Waals surface area contributed by atoms with Crippen LogP contribution < -0.4 is 10.6 Å². The van der Waals surface area contributed by atoms with Gasteiger partial charge in [0.2, 0.25) is 11.8 Å². The van der Waals surface area contributed by atoms with Crippen LogP contribution in [0, 0.1) is 6.92 Å². The topological polar surface area (TPSA) is 58.2 Å². The van der Waals surface area contributed by atoms with Crippen LogP contribution in [0.4, 0.5) is 0 Å². The molecular formula is C23H28N2O2. The van der Waals surface area contributed by atoms with E-state index in [0.29, 0.717) is 6.54 Å². The van der Waals surface area contributed by atoms with Crippen molar-refractivity contribution >= 4 is 11.8 Å². The summed E-state index contributed by atoms with van der Waals surface area (Å²) in [6, 6.07) is 18.1. The number of hydrogen-bond donors (Lipinski definition) is 2. The average molecular weight is 364 g/mol. The van der Waals surface area contributed by atoms with E-state index >= 15 is 0 Å². The molecule has 0 radical (unpaired) electrons. The summed E-state index contributed by atoms with van der Waals surface area (Å²) in [7, 11) is 0. The van der Waals surface area contributed by atoms with Gasteiger partial charge in [-0.2, -0.15) is 0 Å². The molecule has 2 N–H and O–H groups in total. The Bertz CT molecular complexity index is 780. The van der Waals surface area contributed by atoms with Crippen LogP contribution in [0.1, 0.15) is 55.3 Å². The molecule has 0 heterocycles. The van der Waals surface area contributed by atoms with Gasteiger partial charge in [0.1, 0.15) is 0 Å². The third-order valence-electron chi connectivity index (χ3n) is 5.57. The summed E-state index contributed by atoms with van der Waals surface area (Å²) in [5.41, 5.74) is 3.46. The molecule has 3 rings (SSSR count). The third-order valence-corrected chi connectivity index (χ3v) is 5.57. The Kier molecular flexibility index (Phi) is 5.94. The minimum absolute atomic E-state index is 0.0310. The molecule has 1 unspecified atom stereocenters. The maximum Gasteiger partial charge on any atom is 0.222 e. The molecule has 4 nitrogen and oxygen atoms in total. The second-order valence-corrected chi connectivity index (χ2v) is 7.64. The molecular weight excluding hydrogens is 336 g/mol. The molecule has 2 amide bonds. The van der Waals surface area contributed by atoms with E-state index in [1.54, 1.807) is 0 Å². The summed E-state index contributed by atoms with van der Waals surface area (Å²) in [6.45, 7) is 4.15. The largest absolute Gasteiger partial charge is 0.355 e. The minimum atomic E-state index is -0.308. The van der Waals surface area contributed by atoms with Crippen LogP contribution in [0.5, 0.6) is 0 Å². The zero-order valence-corrected chi connectivity index (χ0v) is 16.1. The SMILES string of the molecule is CC(=O)NC(CC(=O)NCC1(c2ccccc2)CCC1)c1ccc(C)cc1. The number of carbonyl (C=O) groups excluding carboxylic acids is 2. The van der Waals surface area contributed by atoms with Gasteiger partial charge in [0.05, 0.1) is 12.5 Å². The normalized spacial score (nSPS) is 16.1. The van der Waals surface area contributed by atoms with Gasteiger partial charge in [0.15, 0.2) is 0 Å². The Labute approximate surface area is 161 Å². The quantitative estimate of drug-likeness (QED) is 0.785. The molecule has 1 fully saturated rings. The zero-order chi connectivity index (χ0) is 19.3. The molecule has 1 aliphatic rings. The highest BCUT2D eigenvalue weighted by atomic mass is 16.2. The van der Waals surface area contributed by atoms with Crippen molar-refractivity contribution in [3.05, 3.63) is 71.3 Å². The molecule has 27 heavy (non-hydrogen) atoms. The van der Waals surface area contributed by atoms with Crippen LogP contribution in [0.25, 0.3) is 0 Å². The van der Waals surface area contributed by atoms with Crippen LogP contribution in [-0.4, -0.2) is 18.4 Å². The molecule has 1 atom stereocenters. The maximum absolute atomic E-state index is 12.6. The Morgan fingerprint density at radius 2 is 1.70 bits per heavy atom. The van der Waals surface area contributed by atoms with Gasteiger partial charge >= 0.3 is 0 Å².